The zero-order valence-corrected chi connectivity index (χ0v) is 15.4. The van der Waals surface area contributed by atoms with Crippen LogP contribution in [0.25, 0.3) is 0 Å². The average Bonchev–Trinajstić information content (AvgIpc) is 2.48. The molecule has 0 aromatic heterocycles. The summed E-state index contributed by atoms with van der Waals surface area (Å²) in [7, 11) is 0. The van der Waals surface area contributed by atoms with E-state index in [-0.39, 0.29) is 25.0 Å². The van der Waals surface area contributed by atoms with Gasteiger partial charge in [0.1, 0.15) is 0 Å². The summed E-state index contributed by atoms with van der Waals surface area (Å²) in [6, 6.07) is 6.93. The van der Waals surface area contributed by atoms with Crippen molar-refractivity contribution in [3.8, 4) is 0 Å². The molecule has 138 valence electrons. The molecule has 0 radical (unpaired) electrons. The molecule has 25 heavy (non-hydrogen) atoms. The molecule has 0 bridgehead atoms. The van der Waals surface area contributed by atoms with Crippen molar-refractivity contribution >= 4 is 23.5 Å². The fourth-order valence-corrected chi connectivity index (χ4v) is 2.30. The number of hydrogen-bond acceptors (Lipinski definition) is 4. The van der Waals surface area contributed by atoms with Gasteiger partial charge in [0.25, 0.3) is 0 Å². The Labute approximate surface area is 149 Å². The van der Waals surface area contributed by atoms with Gasteiger partial charge in [0.15, 0.2) is 0 Å². The van der Waals surface area contributed by atoms with E-state index in [1.807, 2.05) is 52.0 Å². The van der Waals surface area contributed by atoms with E-state index in [0.717, 1.165) is 17.7 Å². The lowest BCUT2D eigenvalue weighted by atomic mass is 10.2. The standard InChI is InChI=1S/C18H28N4O3/c1-5-10-22(12-17(24)21-18(25)19-13(2)3)11-16(23)20-15-9-7-6-8-14(15)4/h6-9,13H,5,10-12H2,1-4H3,(H,20,23)(H2,19,21,24,25). The Morgan fingerprint density at radius 3 is 2.32 bits per heavy atom. The van der Waals surface area contributed by atoms with Crippen LogP contribution in [0.5, 0.6) is 0 Å². The molecule has 7 heteroatoms. The largest absolute Gasteiger partial charge is 0.336 e. The molecule has 4 amide bonds. The number of benzene rings is 1. The molecule has 0 aliphatic carbocycles. The predicted molar refractivity (Wildman–Crippen MR) is 98.4 cm³/mol. The van der Waals surface area contributed by atoms with E-state index in [1.165, 1.54) is 0 Å². The maximum absolute atomic E-state index is 12.2. The molecule has 0 atom stereocenters. The third kappa shape index (κ3) is 8.30. The Morgan fingerprint density at radius 1 is 1.08 bits per heavy atom. The minimum atomic E-state index is -0.527. The van der Waals surface area contributed by atoms with Gasteiger partial charge in [0.05, 0.1) is 13.1 Å². The molecular formula is C18H28N4O3. The van der Waals surface area contributed by atoms with Gasteiger partial charge in [-0.3, -0.25) is 19.8 Å². The Bertz CT molecular complexity index is 602. The number of imide groups is 1. The van der Waals surface area contributed by atoms with Crippen molar-refractivity contribution < 1.29 is 14.4 Å². The Hall–Kier alpha value is -2.41. The highest BCUT2D eigenvalue weighted by atomic mass is 16.2. The van der Waals surface area contributed by atoms with Crippen LogP contribution in [-0.4, -0.2) is 48.4 Å². The molecular weight excluding hydrogens is 320 g/mol. The van der Waals surface area contributed by atoms with Gasteiger partial charge in [-0.1, -0.05) is 25.1 Å². The molecule has 0 saturated heterocycles. The van der Waals surface area contributed by atoms with Crippen LogP contribution < -0.4 is 16.0 Å². The van der Waals surface area contributed by atoms with Crippen LogP contribution in [0, 0.1) is 6.92 Å². The number of carbonyl (C=O) groups excluding carboxylic acids is 3. The molecule has 7 nitrogen and oxygen atoms in total. The number of aryl methyl sites for hydroxylation is 1. The first kappa shape index (κ1) is 20.6. The van der Waals surface area contributed by atoms with E-state index in [2.05, 4.69) is 16.0 Å². The number of rotatable bonds is 8. The van der Waals surface area contributed by atoms with Gasteiger partial charge in [-0.2, -0.15) is 0 Å². The molecule has 0 saturated carbocycles. The quantitative estimate of drug-likeness (QED) is 0.669. The molecule has 1 aromatic carbocycles. The van der Waals surface area contributed by atoms with Gasteiger partial charge < -0.3 is 10.6 Å². The SMILES string of the molecule is CCCN(CC(=O)NC(=O)NC(C)C)CC(=O)Nc1ccccc1C. The maximum atomic E-state index is 12.2. The van der Waals surface area contributed by atoms with Crippen molar-refractivity contribution in [2.24, 2.45) is 0 Å². The Morgan fingerprint density at radius 2 is 1.72 bits per heavy atom. The van der Waals surface area contributed by atoms with Crippen LogP contribution in [-0.2, 0) is 9.59 Å². The lowest BCUT2D eigenvalue weighted by molar-refractivity contribution is -0.122. The van der Waals surface area contributed by atoms with Crippen molar-refractivity contribution in [2.75, 3.05) is 25.0 Å². The number of anilines is 1. The number of para-hydroxylation sites is 1. The van der Waals surface area contributed by atoms with Crippen LogP contribution in [0.1, 0.15) is 32.8 Å². The highest BCUT2D eigenvalue weighted by molar-refractivity contribution is 5.96. The molecule has 1 rings (SSSR count). The summed E-state index contributed by atoms with van der Waals surface area (Å²) >= 11 is 0. The second-order valence-corrected chi connectivity index (χ2v) is 6.25. The van der Waals surface area contributed by atoms with Gasteiger partial charge in [0, 0.05) is 11.7 Å². The number of nitrogens with zero attached hydrogens (tertiary/aromatic N) is 1. The van der Waals surface area contributed by atoms with Gasteiger partial charge in [0.2, 0.25) is 11.8 Å². The highest BCUT2D eigenvalue weighted by Gasteiger charge is 2.16. The highest BCUT2D eigenvalue weighted by Crippen LogP contribution is 2.12. The topological polar surface area (TPSA) is 90.5 Å². The van der Waals surface area contributed by atoms with Crippen molar-refractivity contribution in [3.63, 3.8) is 0 Å². The first-order valence-corrected chi connectivity index (χ1v) is 8.50. The van der Waals surface area contributed by atoms with Crippen LogP contribution in [0.4, 0.5) is 10.5 Å². The monoisotopic (exact) mass is 348 g/mol. The molecule has 0 fully saturated rings. The third-order valence-corrected chi connectivity index (χ3v) is 3.37. The number of urea groups is 1. The molecule has 0 heterocycles. The third-order valence-electron chi connectivity index (χ3n) is 3.37. The van der Waals surface area contributed by atoms with Crippen molar-refractivity contribution in [2.45, 2.75) is 40.2 Å². The lowest BCUT2D eigenvalue weighted by Crippen LogP contribution is -2.47. The number of nitrogens with one attached hydrogen (secondary N) is 3. The summed E-state index contributed by atoms with van der Waals surface area (Å²) in [4.78, 5) is 37.5. The van der Waals surface area contributed by atoms with Gasteiger partial charge in [-0.15, -0.1) is 0 Å². The van der Waals surface area contributed by atoms with E-state index >= 15 is 0 Å². The van der Waals surface area contributed by atoms with Crippen molar-refractivity contribution in [1.82, 2.24) is 15.5 Å². The van der Waals surface area contributed by atoms with Crippen LogP contribution in [0.3, 0.4) is 0 Å². The summed E-state index contributed by atoms with van der Waals surface area (Å²) in [5.74, 6) is -0.627. The summed E-state index contributed by atoms with van der Waals surface area (Å²) in [5.41, 5.74) is 1.73. The molecule has 0 aliphatic heterocycles. The van der Waals surface area contributed by atoms with Crippen LogP contribution in [0.15, 0.2) is 24.3 Å². The van der Waals surface area contributed by atoms with Gasteiger partial charge in [-0.05, 0) is 45.4 Å². The number of amides is 4. The van der Waals surface area contributed by atoms with Crippen LogP contribution >= 0.6 is 0 Å². The minimum absolute atomic E-state index is 0.0133. The Balaban J connectivity index is 2.55. The zero-order chi connectivity index (χ0) is 18.8. The summed E-state index contributed by atoms with van der Waals surface area (Å²) < 4.78 is 0. The van der Waals surface area contributed by atoms with E-state index in [4.69, 9.17) is 0 Å². The first-order chi connectivity index (χ1) is 11.8. The van der Waals surface area contributed by atoms with E-state index in [9.17, 15) is 14.4 Å². The van der Waals surface area contributed by atoms with Gasteiger partial charge in [-0.25, -0.2) is 4.79 Å². The molecule has 0 aliphatic rings. The number of hydrogen-bond donors (Lipinski definition) is 3. The fourth-order valence-electron chi connectivity index (χ4n) is 2.30. The second-order valence-electron chi connectivity index (χ2n) is 6.25. The first-order valence-electron chi connectivity index (χ1n) is 8.50. The van der Waals surface area contributed by atoms with Crippen molar-refractivity contribution in [1.29, 1.82) is 0 Å². The average molecular weight is 348 g/mol. The number of carbonyl (C=O) groups is 3. The van der Waals surface area contributed by atoms with E-state index in [1.54, 1.807) is 4.90 Å². The molecule has 0 unspecified atom stereocenters. The molecule has 3 N–H and O–H groups in total. The summed E-state index contributed by atoms with van der Waals surface area (Å²) in [6.07, 6.45) is 0.795. The lowest BCUT2D eigenvalue weighted by Gasteiger charge is -2.21. The maximum Gasteiger partial charge on any atom is 0.321 e. The summed E-state index contributed by atoms with van der Waals surface area (Å²) in [5, 5.41) is 7.71. The van der Waals surface area contributed by atoms with Crippen molar-refractivity contribution in [3.05, 3.63) is 29.8 Å². The fraction of sp³-hybridized carbons (Fsp3) is 0.500. The zero-order valence-electron chi connectivity index (χ0n) is 15.4. The van der Waals surface area contributed by atoms with Gasteiger partial charge >= 0.3 is 6.03 Å². The second kappa shape index (κ2) is 10.5. The minimum Gasteiger partial charge on any atom is -0.336 e. The molecule has 0 spiro atoms. The van der Waals surface area contributed by atoms with E-state index in [0.29, 0.717) is 6.54 Å². The smallest absolute Gasteiger partial charge is 0.321 e. The molecule has 1 aromatic rings. The normalized spacial score (nSPS) is 10.6. The van der Waals surface area contributed by atoms with E-state index < -0.39 is 11.9 Å². The van der Waals surface area contributed by atoms with Crippen LogP contribution in [0.2, 0.25) is 0 Å². The summed E-state index contributed by atoms with van der Waals surface area (Å²) in [6.45, 7) is 8.16. The predicted octanol–water partition coefficient (Wildman–Crippen LogP) is 1.88. The Kier molecular flexibility index (Phi) is 8.63.